The van der Waals surface area contributed by atoms with Crippen molar-refractivity contribution >= 4 is 22.7 Å². The first kappa shape index (κ1) is 24.3. The molecule has 0 aliphatic heterocycles. The fourth-order valence-electron chi connectivity index (χ4n) is 4.03. The number of anilines is 4. The molecule has 1 atom stereocenters. The van der Waals surface area contributed by atoms with Crippen LogP contribution >= 0.6 is 0 Å². The van der Waals surface area contributed by atoms with Gasteiger partial charge in [0.1, 0.15) is 11.3 Å². The molecule has 0 saturated carbocycles. The fraction of sp³-hybridized carbons (Fsp3) is 0.267. The Morgan fingerprint density at radius 3 is 2.20 bits per heavy atom. The standard InChI is InChI=1S/C30H32N2O3/c1-20-14-16-24(17-15-20)32(19-21(2)22-10-7-6-8-11-22)25-13-9-12-23(18-25)31-26-27(33)28(34)29(26)35-30(3,4)5/h6-18,21,31H,19H2,1-5H3. The van der Waals surface area contributed by atoms with E-state index in [9.17, 15) is 9.59 Å². The minimum Gasteiger partial charge on any atom is -0.482 e. The van der Waals surface area contributed by atoms with E-state index in [-0.39, 0.29) is 17.4 Å². The number of nitrogens with zero attached hydrogens (tertiary/aromatic N) is 1. The van der Waals surface area contributed by atoms with Gasteiger partial charge in [0.05, 0.1) is 0 Å². The summed E-state index contributed by atoms with van der Waals surface area (Å²) in [5, 5.41) is 3.13. The van der Waals surface area contributed by atoms with E-state index in [0.717, 1.165) is 23.6 Å². The highest BCUT2D eigenvalue weighted by Crippen LogP contribution is 2.33. The molecule has 0 fully saturated rings. The van der Waals surface area contributed by atoms with Gasteiger partial charge in [-0.25, -0.2) is 0 Å². The van der Waals surface area contributed by atoms with E-state index in [2.05, 4.69) is 78.7 Å². The van der Waals surface area contributed by atoms with Gasteiger partial charge in [-0.2, -0.15) is 0 Å². The minimum atomic E-state index is -0.587. The van der Waals surface area contributed by atoms with Crippen molar-refractivity contribution in [3.63, 3.8) is 0 Å². The van der Waals surface area contributed by atoms with Crippen LogP contribution in [0.15, 0.2) is 88.5 Å². The molecule has 0 aromatic heterocycles. The molecule has 180 valence electrons. The molecule has 0 aliphatic rings. The molecule has 0 saturated heterocycles. The molecular weight excluding hydrogens is 436 g/mol. The topological polar surface area (TPSA) is 58.6 Å². The monoisotopic (exact) mass is 468 g/mol. The lowest BCUT2D eigenvalue weighted by Gasteiger charge is -2.29. The Balaban J connectivity index is 1.66. The van der Waals surface area contributed by atoms with Crippen molar-refractivity contribution in [3.8, 4) is 5.75 Å². The third kappa shape index (κ3) is 5.62. The molecule has 5 heteroatoms. The Bertz CT molecular complexity index is 1360. The van der Waals surface area contributed by atoms with Crippen molar-refractivity contribution in [2.75, 3.05) is 16.8 Å². The van der Waals surface area contributed by atoms with E-state index < -0.39 is 16.5 Å². The molecule has 0 spiro atoms. The molecule has 1 N–H and O–H groups in total. The molecule has 0 heterocycles. The molecule has 0 bridgehead atoms. The Hall–Kier alpha value is -3.86. The van der Waals surface area contributed by atoms with Crippen LogP contribution in [0.25, 0.3) is 0 Å². The van der Waals surface area contributed by atoms with E-state index >= 15 is 0 Å². The van der Waals surface area contributed by atoms with E-state index in [1.807, 2.05) is 45.0 Å². The predicted molar refractivity (Wildman–Crippen MR) is 145 cm³/mol. The average Bonchev–Trinajstić information content (AvgIpc) is 2.85. The smallest absolute Gasteiger partial charge is 0.272 e. The highest BCUT2D eigenvalue weighted by Gasteiger charge is 2.27. The van der Waals surface area contributed by atoms with Crippen LogP contribution in [0.3, 0.4) is 0 Å². The Kier molecular flexibility index (Phi) is 6.79. The van der Waals surface area contributed by atoms with E-state index in [1.54, 1.807) is 0 Å². The van der Waals surface area contributed by atoms with Gasteiger partial charge in [0, 0.05) is 23.6 Å². The summed E-state index contributed by atoms with van der Waals surface area (Å²) in [7, 11) is 0. The number of benzene rings is 3. The highest BCUT2D eigenvalue weighted by molar-refractivity contribution is 5.74. The van der Waals surface area contributed by atoms with Crippen molar-refractivity contribution in [2.45, 2.75) is 46.1 Å². The van der Waals surface area contributed by atoms with Crippen LogP contribution in [-0.2, 0) is 0 Å². The Morgan fingerprint density at radius 1 is 0.857 bits per heavy atom. The van der Waals surface area contributed by atoms with Crippen LogP contribution in [0.5, 0.6) is 5.75 Å². The van der Waals surface area contributed by atoms with Crippen molar-refractivity contribution < 1.29 is 4.74 Å². The van der Waals surface area contributed by atoms with Gasteiger partial charge in [-0.15, -0.1) is 0 Å². The van der Waals surface area contributed by atoms with Gasteiger partial charge in [-0.05, 0) is 69.5 Å². The maximum atomic E-state index is 12.3. The summed E-state index contributed by atoms with van der Waals surface area (Å²) < 4.78 is 5.74. The summed E-state index contributed by atoms with van der Waals surface area (Å²) in [5.41, 5.74) is 3.76. The maximum absolute atomic E-state index is 12.3. The van der Waals surface area contributed by atoms with Crippen LogP contribution in [0, 0.1) is 6.92 Å². The molecule has 35 heavy (non-hydrogen) atoms. The largest absolute Gasteiger partial charge is 0.482 e. The number of rotatable bonds is 8. The van der Waals surface area contributed by atoms with Gasteiger partial charge in [-0.1, -0.05) is 61.0 Å². The first-order valence-electron chi connectivity index (χ1n) is 11.9. The third-order valence-corrected chi connectivity index (χ3v) is 5.87. The van der Waals surface area contributed by atoms with Gasteiger partial charge in [-0.3, -0.25) is 9.59 Å². The van der Waals surface area contributed by atoms with Gasteiger partial charge in [0.15, 0.2) is 5.75 Å². The van der Waals surface area contributed by atoms with E-state index in [0.29, 0.717) is 0 Å². The second kappa shape index (κ2) is 9.79. The Labute approximate surface area is 206 Å². The van der Waals surface area contributed by atoms with Crippen LogP contribution in [0.4, 0.5) is 22.7 Å². The molecule has 0 radical (unpaired) electrons. The van der Waals surface area contributed by atoms with Crippen LogP contribution in [0.2, 0.25) is 0 Å². The van der Waals surface area contributed by atoms with Crippen molar-refractivity contribution in [1.82, 2.24) is 0 Å². The van der Waals surface area contributed by atoms with Gasteiger partial charge in [0.25, 0.3) is 10.9 Å². The SMILES string of the molecule is Cc1ccc(N(CC(C)c2ccccc2)c2cccc(Nc3c(OC(C)(C)C)c(=O)c3=O)c2)cc1. The quantitative estimate of drug-likeness (QED) is 0.301. The first-order valence-corrected chi connectivity index (χ1v) is 11.9. The van der Waals surface area contributed by atoms with E-state index in [1.165, 1.54) is 11.1 Å². The summed E-state index contributed by atoms with van der Waals surface area (Å²) in [6, 6.07) is 26.8. The molecule has 1 unspecified atom stereocenters. The third-order valence-electron chi connectivity index (χ3n) is 5.87. The van der Waals surface area contributed by atoms with E-state index in [4.69, 9.17) is 4.74 Å². The summed E-state index contributed by atoms with van der Waals surface area (Å²) in [5.74, 6) is 0.385. The lowest BCUT2D eigenvalue weighted by Crippen LogP contribution is -2.39. The lowest BCUT2D eigenvalue weighted by atomic mass is 10.00. The number of hydrogen-bond acceptors (Lipinski definition) is 5. The number of ether oxygens (including phenoxy) is 1. The van der Waals surface area contributed by atoms with Gasteiger partial charge >= 0.3 is 0 Å². The number of hydrogen-bond donors (Lipinski definition) is 1. The summed E-state index contributed by atoms with van der Waals surface area (Å²) in [6.45, 7) is 10.6. The van der Waals surface area contributed by atoms with Crippen LogP contribution in [-0.4, -0.2) is 12.1 Å². The minimum absolute atomic E-state index is 0.0981. The molecule has 4 aromatic rings. The lowest BCUT2D eigenvalue weighted by molar-refractivity contribution is 0.128. The molecule has 5 nitrogen and oxygen atoms in total. The van der Waals surface area contributed by atoms with Crippen LogP contribution < -0.4 is 25.8 Å². The Morgan fingerprint density at radius 2 is 1.54 bits per heavy atom. The van der Waals surface area contributed by atoms with Crippen molar-refractivity contribution in [2.24, 2.45) is 0 Å². The second-order valence-corrected chi connectivity index (χ2v) is 10.0. The fourth-order valence-corrected chi connectivity index (χ4v) is 4.03. The number of nitrogens with one attached hydrogen (secondary N) is 1. The van der Waals surface area contributed by atoms with Gasteiger partial charge < -0.3 is 15.0 Å². The molecule has 0 amide bonds. The summed E-state index contributed by atoms with van der Waals surface area (Å²) in [6.07, 6.45) is 0. The predicted octanol–water partition coefficient (Wildman–Crippen LogP) is 6.45. The molecule has 4 aromatic carbocycles. The average molecular weight is 469 g/mol. The number of aryl methyl sites for hydroxylation is 1. The maximum Gasteiger partial charge on any atom is 0.272 e. The zero-order chi connectivity index (χ0) is 25.2. The van der Waals surface area contributed by atoms with Crippen LogP contribution in [0.1, 0.15) is 44.7 Å². The van der Waals surface area contributed by atoms with Crippen molar-refractivity contribution in [1.29, 1.82) is 0 Å². The summed E-state index contributed by atoms with van der Waals surface area (Å²) >= 11 is 0. The molecular formula is C30H32N2O3. The van der Waals surface area contributed by atoms with Gasteiger partial charge in [0.2, 0.25) is 0 Å². The zero-order valence-electron chi connectivity index (χ0n) is 21.0. The zero-order valence-corrected chi connectivity index (χ0v) is 21.0. The second-order valence-electron chi connectivity index (χ2n) is 10.0. The highest BCUT2D eigenvalue weighted by atomic mass is 16.5. The normalized spacial score (nSPS) is 12.4. The molecule has 4 rings (SSSR count). The first-order chi connectivity index (χ1) is 16.6. The summed E-state index contributed by atoms with van der Waals surface area (Å²) in [4.78, 5) is 26.7. The van der Waals surface area contributed by atoms with Crippen molar-refractivity contribution in [3.05, 3.63) is 110 Å². The molecule has 0 aliphatic carbocycles.